The number of aromatic amines is 1. The fraction of sp³-hybridized carbons (Fsp3) is 0.468. The quantitative estimate of drug-likeness (QED) is 0.107. The molecule has 12 heteroatoms. The molecule has 1 unspecified atom stereocenters. The Bertz CT molecular complexity index is 2350. The maximum absolute atomic E-state index is 14.0. The van der Waals surface area contributed by atoms with Gasteiger partial charge in [-0.2, -0.15) is 0 Å². The van der Waals surface area contributed by atoms with Gasteiger partial charge in [-0.05, 0) is 91.3 Å². The lowest BCUT2D eigenvalue weighted by Crippen LogP contribution is -2.54. The zero-order valence-corrected chi connectivity index (χ0v) is 35.2. The van der Waals surface area contributed by atoms with E-state index in [4.69, 9.17) is 0 Å². The Morgan fingerprint density at radius 3 is 2.42 bits per heavy atom. The van der Waals surface area contributed by atoms with Crippen LogP contribution in [0.4, 0.5) is 5.69 Å². The molecule has 0 spiro atoms. The molecule has 9 rings (SSSR count). The summed E-state index contributed by atoms with van der Waals surface area (Å²) in [5.41, 5.74) is 8.53. The summed E-state index contributed by atoms with van der Waals surface area (Å²) >= 11 is 1.70. The van der Waals surface area contributed by atoms with E-state index in [9.17, 15) is 24.0 Å². The van der Waals surface area contributed by atoms with E-state index < -0.39 is 11.9 Å². The lowest BCUT2D eigenvalue weighted by atomic mass is 9.70. The number of thioether (sulfide) groups is 1. The van der Waals surface area contributed by atoms with Crippen molar-refractivity contribution in [3.05, 3.63) is 93.7 Å². The summed E-state index contributed by atoms with van der Waals surface area (Å²) in [5.74, 6) is 0.358. The molecule has 0 saturated carbocycles. The van der Waals surface area contributed by atoms with Crippen LogP contribution >= 0.6 is 11.8 Å². The summed E-state index contributed by atoms with van der Waals surface area (Å²) in [6, 6.07) is 18.2. The normalized spacial score (nSPS) is 20.9. The van der Waals surface area contributed by atoms with Crippen LogP contribution in [0.25, 0.3) is 10.9 Å². The molecule has 3 fully saturated rings. The number of benzene rings is 3. The van der Waals surface area contributed by atoms with Gasteiger partial charge in [-0.25, -0.2) is 0 Å². The summed E-state index contributed by atoms with van der Waals surface area (Å²) in [4.78, 5) is 78.0. The molecule has 4 aromatic rings. The van der Waals surface area contributed by atoms with E-state index in [1.54, 1.807) is 16.7 Å². The number of nitrogens with one attached hydrogen (secondary N) is 2. The lowest BCUT2D eigenvalue weighted by molar-refractivity contribution is -0.137. The van der Waals surface area contributed by atoms with E-state index in [1.807, 2.05) is 35.2 Å². The number of unbranched alkanes of at least 4 members (excludes halogenated alkanes) is 1. The standard InChI is InChI=1S/C47H54N6O5S/c1-4-29-26-33-35(47(2,3)44-42(43(33)56)32-10-5-6-12-36(32)48-44)27-38(29)51-19-17-30(18-20-51)50-21-23-52(24-22-50)41(55)14-7-8-25-59-39-13-9-11-31-34(39)28-53(46(31)58)37-15-16-40(54)49-45(37)57/h5-6,9-13,26-27,30,37,48H,4,7-8,14-25,28H2,1-3H3,(H,49,54,57). The first-order chi connectivity index (χ1) is 28.5. The molecule has 0 bridgehead atoms. The third kappa shape index (κ3) is 7.15. The van der Waals surface area contributed by atoms with E-state index >= 15 is 0 Å². The lowest BCUT2D eigenvalue weighted by Gasteiger charge is -2.44. The number of rotatable bonds is 10. The number of aromatic nitrogens is 1. The van der Waals surface area contributed by atoms with Gasteiger partial charge in [-0.15, -0.1) is 11.8 Å². The number of aryl methyl sites for hydroxylation is 1. The number of piperazine rings is 1. The highest BCUT2D eigenvalue weighted by Crippen LogP contribution is 2.46. The molecule has 308 valence electrons. The average Bonchev–Trinajstić information content (AvgIpc) is 3.81. The van der Waals surface area contributed by atoms with Gasteiger partial charge in [-0.3, -0.25) is 34.2 Å². The van der Waals surface area contributed by atoms with Gasteiger partial charge in [0.1, 0.15) is 6.04 Å². The number of carbonyl (C=O) groups is 5. The number of ketones is 1. The van der Waals surface area contributed by atoms with E-state index in [2.05, 4.69) is 65.1 Å². The van der Waals surface area contributed by atoms with Gasteiger partial charge < -0.3 is 19.7 Å². The molecule has 3 aromatic carbocycles. The second kappa shape index (κ2) is 15.9. The Hall–Kier alpha value is -4.94. The summed E-state index contributed by atoms with van der Waals surface area (Å²) in [6.07, 6.45) is 5.87. The first-order valence-electron chi connectivity index (χ1n) is 21.5. The van der Waals surface area contributed by atoms with Crippen LogP contribution in [0.2, 0.25) is 0 Å². The van der Waals surface area contributed by atoms with Gasteiger partial charge in [0.2, 0.25) is 17.7 Å². The molecule has 59 heavy (non-hydrogen) atoms. The number of H-pyrrole nitrogens is 1. The molecule has 1 aromatic heterocycles. The largest absolute Gasteiger partial charge is 0.371 e. The van der Waals surface area contributed by atoms with Gasteiger partial charge in [0.15, 0.2) is 5.78 Å². The van der Waals surface area contributed by atoms with Crippen molar-refractivity contribution in [1.29, 1.82) is 0 Å². The van der Waals surface area contributed by atoms with Crippen molar-refractivity contribution in [2.24, 2.45) is 0 Å². The summed E-state index contributed by atoms with van der Waals surface area (Å²) in [7, 11) is 0. The van der Waals surface area contributed by atoms with Gasteiger partial charge in [0, 0.05) is 108 Å². The molecule has 11 nitrogen and oxygen atoms in total. The smallest absolute Gasteiger partial charge is 0.255 e. The number of carbonyl (C=O) groups excluding carboxylic acids is 5. The number of fused-ring (bicyclic) bond motifs is 5. The van der Waals surface area contributed by atoms with E-state index in [-0.39, 0.29) is 35.3 Å². The summed E-state index contributed by atoms with van der Waals surface area (Å²) < 4.78 is 0. The number of nitrogens with zero attached hydrogens (tertiary/aromatic N) is 4. The maximum atomic E-state index is 14.0. The monoisotopic (exact) mass is 814 g/mol. The van der Waals surface area contributed by atoms with Crippen LogP contribution in [-0.2, 0) is 32.8 Å². The number of amides is 4. The number of para-hydroxylation sites is 1. The van der Waals surface area contributed by atoms with E-state index in [0.29, 0.717) is 31.0 Å². The molecule has 4 amide bonds. The maximum Gasteiger partial charge on any atom is 0.255 e. The molecular weight excluding hydrogens is 761 g/mol. The summed E-state index contributed by atoms with van der Waals surface area (Å²) in [5, 5.41) is 3.37. The van der Waals surface area contributed by atoms with Crippen molar-refractivity contribution < 1.29 is 24.0 Å². The minimum Gasteiger partial charge on any atom is -0.371 e. The number of anilines is 1. The third-order valence-corrected chi connectivity index (χ3v) is 14.8. The SMILES string of the molecule is CCc1cc2c(cc1N1CCC(N3CCN(C(=O)CCCCSc4cccc5c4CN(C4CCC(=O)NC4=O)C5=O)CC3)CC1)C(C)(C)c1[nH]c3ccccc3c1C2=O. The van der Waals surface area contributed by atoms with Crippen molar-refractivity contribution >= 4 is 57.8 Å². The van der Waals surface area contributed by atoms with Crippen molar-refractivity contribution in [3.8, 4) is 0 Å². The summed E-state index contributed by atoms with van der Waals surface area (Å²) in [6.45, 7) is 12.3. The second-order valence-corrected chi connectivity index (χ2v) is 18.5. The van der Waals surface area contributed by atoms with Crippen LogP contribution in [-0.4, -0.2) is 106 Å². The van der Waals surface area contributed by atoms with Crippen molar-refractivity contribution in [1.82, 2.24) is 25.0 Å². The molecule has 1 atom stereocenters. The Morgan fingerprint density at radius 1 is 0.881 bits per heavy atom. The molecule has 1 aliphatic carbocycles. The molecule has 3 saturated heterocycles. The van der Waals surface area contributed by atoms with Crippen LogP contribution in [0, 0.1) is 0 Å². The van der Waals surface area contributed by atoms with Crippen molar-refractivity contribution in [2.75, 3.05) is 49.9 Å². The number of imide groups is 1. The highest BCUT2D eigenvalue weighted by molar-refractivity contribution is 7.99. The second-order valence-electron chi connectivity index (χ2n) is 17.4. The predicted octanol–water partition coefficient (Wildman–Crippen LogP) is 6.44. The number of hydrogen-bond donors (Lipinski definition) is 2. The fourth-order valence-electron chi connectivity index (χ4n) is 10.3. The Morgan fingerprint density at radius 2 is 1.66 bits per heavy atom. The molecule has 5 aliphatic rings. The van der Waals surface area contributed by atoms with Crippen molar-refractivity contribution in [2.45, 2.75) is 101 Å². The third-order valence-electron chi connectivity index (χ3n) is 13.6. The Balaban J connectivity index is 0.739. The van der Waals surface area contributed by atoms with Gasteiger partial charge in [0.05, 0.1) is 5.56 Å². The van der Waals surface area contributed by atoms with Gasteiger partial charge in [0.25, 0.3) is 5.91 Å². The van der Waals surface area contributed by atoms with Crippen LogP contribution in [0.15, 0.2) is 59.5 Å². The zero-order valence-electron chi connectivity index (χ0n) is 34.4. The van der Waals surface area contributed by atoms with E-state index in [0.717, 1.165) is 121 Å². The first-order valence-corrected chi connectivity index (χ1v) is 22.5. The highest BCUT2D eigenvalue weighted by atomic mass is 32.2. The number of hydrogen-bond acceptors (Lipinski definition) is 8. The molecular formula is C47H54N6O5S. The van der Waals surface area contributed by atoms with Crippen LogP contribution in [0.5, 0.6) is 0 Å². The van der Waals surface area contributed by atoms with Crippen LogP contribution < -0.4 is 10.2 Å². The Labute approximate surface area is 350 Å². The molecule has 4 aliphatic heterocycles. The topological polar surface area (TPSA) is 126 Å². The van der Waals surface area contributed by atoms with Crippen LogP contribution in [0.3, 0.4) is 0 Å². The Kier molecular flexibility index (Phi) is 10.7. The molecule has 0 radical (unpaired) electrons. The van der Waals surface area contributed by atoms with Gasteiger partial charge >= 0.3 is 0 Å². The fourth-order valence-corrected chi connectivity index (χ4v) is 11.3. The van der Waals surface area contributed by atoms with E-state index in [1.165, 1.54) is 11.3 Å². The zero-order chi connectivity index (χ0) is 41.0. The predicted molar refractivity (Wildman–Crippen MR) is 230 cm³/mol. The highest BCUT2D eigenvalue weighted by Gasteiger charge is 2.42. The molecule has 5 heterocycles. The average molecular weight is 815 g/mol. The van der Waals surface area contributed by atoms with Gasteiger partial charge in [-0.1, -0.05) is 45.0 Å². The number of piperidine rings is 2. The minimum atomic E-state index is -0.620. The molecule has 2 N–H and O–H groups in total. The van der Waals surface area contributed by atoms with Crippen LogP contribution in [0.1, 0.15) is 114 Å². The minimum absolute atomic E-state index is 0.122. The van der Waals surface area contributed by atoms with Crippen molar-refractivity contribution in [3.63, 3.8) is 0 Å². The first kappa shape index (κ1) is 39.5.